The van der Waals surface area contributed by atoms with E-state index in [1.54, 1.807) is 18.4 Å². The fourth-order valence-corrected chi connectivity index (χ4v) is 3.61. The first kappa shape index (κ1) is 15.9. The molecule has 0 fully saturated rings. The molecule has 2 heterocycles. The summed E-state index contributed by atoms with van der Waals surface area (Å²) in [5.74, 6) is 1.57. The van der Waals surface area contributed by atoms with Gasteiger partial charge in [0, 0.05) is 22.9 Å². The molecule has 23 heavy (non-hydrogen) atoms. The van der Waals surface area contributed by atoms with E-state index in [0.29, 0.717) is 6.42 Å². The summed E-state index contributed by atoms with van der Waals surface area (Å²) < 4.78 is 11.3. The van der Waals surface area contributed by atoms with Crippen molar-refractivity contribution in [3.05, 3.63) is 46.2 Å². The minimum Gasteiger partial charge on any atom is -0.497 e. The first-order valence-electron chi connectivity index (χ1n) is 7.65. The third kappa shape index (κ3) is 3.67. The predicted molar refractivity (Wildman–Crippen MR) is 91.2 cm³/mol. The number of thiophene rings is 1. The first-order valence-corrected chi connectivity index (χ1v) is 8.53. The molecule has 0 aliphatic carbocycles. The molecule has 1 aliphatic heterocycles. The highest BCUT2D eigenvalue weighted by atomic mass is 32.1. The molecule has 4 nitrogen and oxygen atoms in total. The SMILES string of the molecule is COc1ccc2c(c1)OC(C)(C)C[C@H]2NC(=O)Cc1cccs1. The Labute approximate surface area is 140 Å². The molecule has 1 aromatic carbocycles. The average molecular weight is 331 g/mol. The van der Waals surface area contributed by atoms with Crippen LogP contribution in [0.3, 0.4) is 0 Å². The van der Waals surface area contributed by atoms with E-state index in [9.17, 15) is 4.79 Å². The largest absolute Gasteiger partial charge is 0.497 e. The molecule has 0 saturated heterocycles. The van der Waals surface area contributed by atoms with Crippen molar-refractivity contribution in [2.45, 2.75) is 38.3 Å². The number of fused-ring (bicyclic) bond motifs is 1. The Hall–Kier alpha value is -2.01. The second kappa shape index (κ2) is 6.24. The Morgan fingerprint density at radius 1 is 1.43 bits per heavy atom. The van der Waals surface area contributed by atoms with Gasteiger partial charge in [0.05, 0.1) is 19.6 Å². The lowest BCUT2D eigenvalue weighted by Crippen LogP contribution is -2.41. The zero-order valence-corrected chi connectivity index (χ0v) is 14.4. The second-order valence-electron chi connectivity index (χ2n) is 6.35. The van der Waals surface area contributed by atoms with Crippen molar-refractivity contribution >= 4 is 17.2 Å². The van der Waals surface area contributed by atoms with Crippen molar-refractivity contribution in [3.8, 4) is 11.5 Å². The van der Waals surface area contributed by atoms with Crippen LogP contribution < -0.4 is 14.8 Å². The second-order valence-corrected chi connectivity index (χ2v) is 7.38. The Morgan fingerprint density at radius 2 is 2.26 bits per heavy atom. The molecular weight excluding hydrogens is 310 g/mol. The van der Waals surface area contributed by atoms with Crippen molar-refractivity contribution in [1.29, 1.82) is 0 Å². The van der Waals surface area contributed by atoms with Crippen LogP contribution in [0.1, 0.15) is 36.8 Å². The van der Waals surface area contributed by atoms with Crippen molar-refractivity contribution < 1.29 is 14.3 Å². The maximum atomic E-state index is 12.4. The molecule has 0 bridgehead atoms. The van der Waals surface area contributed by atoms with E-state index >= 15 is 0 Å². The quantitative estimate of drug-likeness (QED) is 0.929. The molecule has 0 radical (unpaired) electrons. The monoisotopic (exact) mass is 331 g/mol. The van der Waals surface area contributed by atoms with E-state index in [-0.39, 0.29) is 17.6 Å². The van der Waals surface area contributed by atoms with Crippen LogP contribution in [0.2, 0.25) is 0 Å². The minimum atomic E-state index is -0.333. The Balaban J connectivity index is 1.80. The van der Waals surface area contributed by atoms with Crippen LogP contribution in [-0.4, -0.2) is 18.6 Å². The molecule has 0 saturated carbocycles. The summed E-state index contributed by atoms with van der Waals surface area (Å²) in [5, 5.41) is 5.14. The van der Waals surface area contributed by atoms with Gasteiger partial charge >= 0.3 is 0 Å². The molecule has 3 rings (SSSR count). The Morgan fingerprint density at radius 3 is 2.96 bits per heavy atom. The lowest BCUT2D eigenvalue weighted by Gasteiger charge is -2.38. The molecule has 0 spiro atoms. The number of methoxy groups -OCH3 is 1. The first-order chi connectivity index (χ1) is 11.0. The van der Waals surface area contributed by atoms with Gasteiger partial charge in [-0.3, -0.25) is 4.79 Å². The number of hydrogen-bond acceptors (Lipinski definition) is 4. The van der Waals surface area contributed by atoms with Gasteiger partial charge in [-0.1, -0.05) is 6.07 Å². The highest BCUT2D eigenvalue weighted by Crippen LogP contribution is 2.41. The summed E-state index contributed by atoms with van der Waals surface area (Å²) in [6.45, 7) is 4.07. The van der Waals surface area contributed by atoms with Gasteiger partial charge in [-0.05, 0) is 37.4 Å². The van der Waals surface area contributed by atoms with Gasteiger partial charge < -0.3 is 14.8 Å². The highest BCUT2D eigenvalue weighted by molar-refractivity contribution is 7.10. The maximum absolute atomic E-state index is 12.4. The zero-order valence-electron chi connectivity index (χ0n) is 13.6. The highest BCUT2D eigenvalue weighted by Gasteiger charge is 2.34. The van der Waals surface area contributed by atoms with Crippen molar-refractivity contribution in [2.75, 3.05) is 7.11 Å². The smallest absolute Gasteiger partial charge is 0.225 e. The van der Waals surface area contributed by atoms with Gasteiger partial charge in [0.25, 0.3) is 0 Å². The number of rotatable bonds is 4. The minimum absolute atomic E-state index is 0.0388. The van der Waals surface area contributed by atoms with Gasteiger partial charge in [0.1, 0.15) is 17.1 Å². The van der Waals surface area contributed by atoms with Crippen molar-refractivity contribution in [2.24, 2.45) is 0 Å². The van der Waals surface area contributed by atoms with Gasteiger partial charge in [-0.25, -0.2) is 0 Å². The third-order valence-electron chi connectivity index (χ3n) is 3.93. The lowest BCUT2D eigenvalue weighted by molar-refractivity contribution is -0.121. The van der Waals surface area contributed by atoms with Crippen molar-refractivity contribution in [1.82, 2.24) is 5.32 Å². The molecule has 1 aliphatic rings. The molecule has 122 valence electrons. The molecule has 0 unspecified atom stereocenters. The average Bonchev–Trinajstić information content (AvgIpc) is 2.98. The van der Waals surface area contributed by atoms with E-state index in [4.69, 9.17) is 9.47 Å². The maximum Gasteiger partial charge on any atom is 0.225 e. The summed E-state index contributed by atoms with van der Waals surface area (Å²) in [6, 6.07) is 9.66. The van der Waals surface area contributed by atoms with Crippen LogP contribution in [0, 0.1) is 0 Å². The van der Waals surface area contributed by atoms with Crippen LogP contribution in [0.5, 0.6) is 11.5 Å². The number of benzene rings is 1. The van der Waals surface area contributed by atoms with Gasteiger partial charge in [-0.15, -0.1) is 11.3 Å². The summed E-state index contributed by atoms with van der Waals surface area (Å²) in [5.41, 5.74) is 0.671. The van der Waals surface area contributed by atoms with Gasteiger partial charge in [-0.2, -0.15) is 0 Å². The van der Waals surface area contributed by atoms with Crippen LogP contribution >= 0.6 is 11.3 Å². The van der Waals surface area contributed by atoms with Crippen LogP contribution in [0.4, 0.5) is 0 Å². The molecule has 5 heteroatoms. The zero-order chi connectivity index (χ0) is 16.4. The van der Waals surface area contributed by atoms with Crippen LogP contribution in [0.25, 0.3) is 0 Å². The number of nitrogens with one attached hydrogen (secondary N) is 1. The molecule has 1 N–H and O–H groups in total. The van der Waals surface area contributed by atoms with E-state index < -0.39 is 0 Å². The molecular formula is C18H21NO3S. The number of ether oxygens (including phenoxy) is 2. The van der Waals surface area contributed by atoms with E-state index in [1.165, 1.54) is 0 Å². The molecule has 1 atom stereocenters. The van der Waals surface area contributed by atoms with E-state index in [2.05, 4.69) is 5.32 Å². The Bertz CT molecular complexity index is 694. The fraction of sp³-hybridized carbons (Fsp3) is 0.389. The van der Waals surface area contributed by atoms with Crippen LogP contribution in [0.15, 0.2) is 35.7 Å². The molecule has 2 aromatic rings. The number of carbonyl (C=O) groups is 1. The topological polar surface area (TPSA) is 47.6 Å². The number of hydrogen-bond donors (Lipinski definition) is 1. The van der Waals surface area contributed by atoms with Crippen LogP contribution in [-0.2, 0) is 11.2 Å². The van der Waals surface area contributed by atoms with Gasteiger partial charge in [0.2, 0.25) is 5.91 Å². The summed E-state index contributed by atoms with van der Waals surface area (Å²) in [6.07, 6.45) is 1.16. The van der Waals surface area contributed by atoms with E-state index in [1.807, 2.05) is 49.6 Å². The lowest BCUT2D eigenvalue weighted by atomic mass is 9.89. The Kier molecular flexibility index (Phi) is 4.31. The van der Waals surface area contributed by atoms with E-state index in [0.717, 1.165) is 28.4 Å². The summed E-state index contributed by atoms with van der Waals surface area (Å²) >= 11 is 1.60. The van der Waals surface area contributed by atoms with Crippen molar-refractivity contribution in [3.63, 3.8) is 0 Å². The summed E-state index contributed by atoms with van der Waals surface area (Å²) in [4.78, 5) is 13.4. The summed E-state index contributed by atoms with van der Waals surface area (Å²) in [7, 11) is 1.63. The third-order valence-corrected chi connectivity index (χ3v) is 4.80. The number of amides is 1. The standard InChI is InChI=1S/C18H21NO3S/c1-18(2)11-15(19-17(20)10-13-5-4-8-23-13)14-7-6-12(21-3)9-16(14)22-18/h4-9,15H,10-11H2,1-3H3,(H,19,20)/t15-/m1/s1. The fourth-order valence-electron chi connectivity index (χ4n) is 2.90. The molecule has 1 aromatic heterocycles. The van der Waals surface area contributed by atoms with Gasteiger partial charge in [0.15, 0.2) is 0 Å². The number of carbonyl (C=O) groups excluding carboxylic acids is 1. The molecule has 1 amide bonds. The normalized spacial score (nSPS) is 18.7. The predicted octanol–water partition coefficient (Wildman–Crippen LogP) is 3.72.